The van der Waals surface area contributed by atoms with E-state index in [1.807, 2.05) is 13.0 Å². The molecule has 0 spiro atoms. The van der Waals surface area contributed by atoms with Crippen LogP contribution >= 0.6 is 11.3 Å². The molecule has 1 aromatic carbocycles. The van der Waals surface area contributed by atoms with Gasteiger partial charge in [-0.2, -0.15) is 0 Å². The maximum Gasteiger partial charge on any atom is 0.231 e. The molecule has 2 N–H and O–H groups in total. The fourth-order valence-corrected chi connectivity index (χ4v) is 2.83. The zero-order valence-corrected chi connectivity index (χ0v) is 12.0. The van der Waals surface area contributed by atoms with E-state index in [1.54, 1.807) is 17.4 Å². The van der Waals surface area contributed by atoms with Crippen LogP contribution in [0.5, 0.6) is 17.2 Å². The molecule has 1 aliphatic heterocycles. The first-order chi connectivity index (χ1) is 9.72. The van der Waals surface area contributed by atoms with Crippen molar-refractivity contribution in [3.05, 3.63) is 33.8 Å². The topological polar surface area (TPSA) is 63.6 Å². The molecule has 0 unspecified atom stereocenters. The summed E-state index contributed by atoms with van der Waals surface area (Å²) in [4.78, 5) is 4.41. The Morgan fingerprint density at radius 2 is 2.15 bits per heavy atom. The molecule has 0 saturated heterocycles. The minimum absolute atomic E-state index is 0.217. The van der Waals surface area contributed by atoms with Crippen LogP contribution in [0.4, 0.5) is 0 Å². The van der Waals surface area contributed by atoms with Gasteiger partial charge in [0.15, 0.2) is 11.5 Å². The number of nitrogens with zero attached hydrogens (tertiary/aromatic N) is 1. The van der Waals surface area contributed by atoms with Crippen molar-refractivity contribution in [2.75, 3.05) is 13.3 Å². The Hall–Kier alpha value is -1.79. The van der Waals surface area contributed by atoms with Crippen LogP contribution < -0.4 is 14.8 Å². The third kappa shape index (κ3) is 2.86. The van der Waals surface area contributed by atoms with Gasteiger partial charge in [0.2, 0.25) is 6.79 Å². The van der Waals surface area contributed by atoms with E-state index in [1.165, 1.54) is 0 Å². The first-order valence-electron chi connectivity index (χ1n) is 6.45. The Balaban J connectivity index is 1.53. The van der Waals surface area contributed by atoms with E-state index in [9.17, 15) is 5.11 Å². The van der Waals surface area contributed by atoms with E-state index in [0.29, 0.717) is 18.0 Å². The lowest BCUT2D eigenvalue weighted by atomic mass is 10.1. The number of thiazole rings is 1. The van der Waals surface area contributed by atoms with Gasteiger partial charge in [0.25, 0.3) is 0 Å². The van der Waals surface area contributed by atoms with Crippen LogP contribution in [0.1, 0.15) is 16.3 Å². The molecule has 0 amide bonds. The predicted molar refractivity (Wildman–Crippen MR) is 76.5 cm³/mol. The summed E-state index contributed by atoms with van der Waals surface area (Å²) in [6.07, 6.45) is 0.893. The smallest absolute Gasteiger partial charge is 0.231 e. The highest BCUT2D eigenvalue weighted by Gasteiger charge is 2.16. The van der Waals surface area contributed by atoms with E-state index in [2.05, 4.69) is 15.7 Å². The van der Waals surface area contributed by atoms with Crippen molar-refractivity contribution in [3.63, 3.8) is 0 Å². The third-order valence-corrected chi connectivity index (χ3v) is 4.10. The Labute approximate surface area is 121 Å². The molecule has 5 nitrogen and oxygen atoms in total. The molecule has 2 aromatic rings. The number of rotatable bonds is 5. The Morgan fingerprint density at radius 3 is 2.90 bits per heavy atom. The lowest BCUT2D eigenvalue weighted by Gasteiger charge is -2.07. The summed E-state index contributed by atoms with van der Waals surface area (Å²) < 4.78 is 10.5. The van der Waals surface area contributed by atoms with Gasteiger partial charge < -0.3 is 19.9 Å². The monoisotopic (exact) mass is 292 g/mol. The van der Waals surface area contributed by atoms with E-state index in [4.69, 9.17) is 9.47 Å². The van der Waals surface area contributed by atoms with Crippen molar-refractivity contribution in [3.8, 4) is 17.2 Å². The number of aromatic hydroxyl groups is 1. The van der Waals surface area contributed by atoms with Crippen LogP contribution in [0.15, 0.2) is 17.5 Å². The van der Waals surface area contributed by atoms with Crippen molar-refractivity contribution in [1.29, 1.82) is 0 Å². The summed E-state index contributed by atoms with van der Waals surface area (Å²) >= 11 is 1.68. The molecule has 0 fully saturated rings. The zero-order valence-electron chi connectivity index (χ0n) is 11.2. The van der Waals surface area contributed by atoms with Gasteiger partial charge in [-0.1, -0.05) is 0 Å². The second kappa shape index (κ2) is 5.68. The van der Waals surface area contributed by atoms with Crippen molar-refractivity contribution in [2.24, 2.45) is 0 Å². The fourth-order valence-electron chi connectivity index (χ4n) is 2.05. The van der Waals surface area contributed by atoms with Crippen molar-refractivity contribution in [2.45, 2.75) is 19.9 Å². The Bertz CT molecular complexity index is 612. The quantitative estimate of drug-likeness (QED) is 0.827. The van der Waals surface area contributed by atoms with Crippen LogP contribution in [-0.2, 0) is 13.0 Å². The molecule has 6 heteroatoms. The van der Waals surface area contributed by atoms with Gasteiger partial charge in [-0.25, -0.2) is 4.98 Å². The number of ether oxygens (including phenoxy) is 2. The minimum Gasteiger partial charge on any atom is -0.507 e. The summed E-state index contributed by atoms with van der Waals surface area (Å²) in [5.74, 6) is 1.52. The number of phenols is 1. The number of aromatic nitrogens is 1. The van der Waals surface area contributed by atoms with E-state index in [-0.39, 0.29) is 12.5 Å². The fraction of sp³-hybridized carbons (Fsp3) is 0.357. The van der Waals surface area contributed by atoms with Crippen molar-refractivity contribution < 1.29 is 14.6 Å². The first kappa shape index (κ1) is 13.2. The van der Waals surface area contributed by atoms with Gasteiger partial charge in [0, 0.05) is 42.2 Å². The second-order valence-corrected chi connectivity index (χ2v) is 5.59. The number of hydrogen-bond acceptors (Lipinski definition) is 6. The summed E-state index contributed by atoms with van der Waals surface area (Å²) in [5.41, 5.74) is 1.88. The molecule has 0 radical (unpaired) electrons. The summed E-state index contributed by atoms with van der Waals surface area (Å²) in [5, 5.41) is 16.4. The number of benzene rings is 1. The van der Waals surface area contributed by atoms with E-state index >= 15 is 0 Å². The number of nitrogens with one attached hydrogen (secondary N) is 1. The molecular formula is C14H16N2O3S. The highest BCUT2D eigenvalue weighted by Crippen LogP contribution is 2.37. The lowest BCUT2D eigenvalue weighted by Crippen LogP contribution is -2.16. The van der Waals surface area contributed by atoms with Crippen LogP contribution in [0.2, 0.25) is 0 Å². The molecule has 1 aliphatic rings. The standard InChI is InChI=1S/C14H16N2O3S/c1-9-7-20-14(16-9)2-3-15-6-10-4-12-13(5-11(10)17)19-8-18-12/h4-5,7,15,17H,2-3,6,8H2,1H3. The second-order valence-electron chi connectivity index (χ2n) is 4.64. The molecule has 0 saturated carbocycles. The SMILES string of the molecule is Cc1csc(CCNCc2cc3c(cc2O)OCO3)n1. The average Bonchev–Trinajstić information content (AvgIpc) is 3.03. The van der Waals surface area contributed by atoms with Crippen molar-refractivity contribution in [1.82, 2.24) is 10.3 Å². The third-order valence-electron chi connectivity index (χ3n) is 3.07. The molecule has 106 valence electrons. The van der Waals surface area contributed by atoms with Crippen LogP contribution in [0.3, 0.4) is 0 Å². The summed E-state index contributed by atoms with van der Waals surface area (Å²) in [6, 6.07) is 3.42. The van der Waals surface area contributed by atoms with Gasteiger partial charge in [-0.05, 0) is 13.0 Å². The van der Waals surface area contributed by atoms with E-state index < -0.39 is 0 Å². The molecule has 3 rings (SSSR count). The lowest BCUT2D eigenvalue weighted by molar-refractivity contribution is 0.174. The van der Waals surface area contributed by atoms with Gasteiger partial charge in [0.05, 0.1) is 5.01 Å². The number of hydrogen-bond donors (Lipinski definition) is 2. The predicted octanol–water partition coefficient (Wildman–Crippen LogP) is 2.22. The Kier molecular flexibility index (Phi) is 3.75. The zero-order chi connectivity index (χ0) is 13.9. The van der Waals surface area contributed by atoms with E-state index in [0.717, 1.165) is 29.2 Å². The molecule has 20 heavy (non-hydrogen) atoms. The van der Waals surface area contributed by atoms with Gasteiger partial charge >= 0.3 is 0 Å². The first-order valence-corrected chi connectivity index (χ1v) is 7.33. The maximum atomic E-state index is 9.91. The summed E-state index contributed by atoms with van der Waals surface area (Å²) in [6.45, 7) is 3.63. The number of fused-ring (bicyclic) bond motifs is 1. The molecule has 0 bridgehead atoms. The van der Waals surface area contributed by atoms with Crippen LogP contribution in [0.25, 0.3) is 0 Å². The number of phenolic OH excluding ortho intramolecular Hbond substituents is 1. The van der Waals surface area contributed by atoms with Crippen LogP contribution in [0, 0.1) is 6.92 Å². The average molecular weight is 292 g/mol. The largest absolute Gasteiger partial charge is 0.507 e. The normalized spacial score (nSPS) is 12.8. The highest BCUT2D eigenvalue weighted by atomic mass is 32.1. The van der Waals surface area contributed by atoms with Crippen molar-refractivity contribution >= 4 is 11.3 Å². The number of aryl methyl sites for hydroxylation is 1. The van der Waals surface area contributed by atoms with Gasteiger partial charge in [-0.3, -0.25) is 0 Å². The van der Waals surface area contributed by atoms with Gasteiger partial charge in [-0.15, -0.1) is 11.3 Å². The Morgan fingerprint density at radius 1 is 1.35 bits per heavy atom. The molecule has 2 heterocycles. The molecular weight excluding hydrogens is 276 g/mol. The molecule has 0 atom stereocenters. The molecule has 0 aliphatic carbocycles. The van der Waals surface area contributed by atoms with Gasteiger partial charge in [0.1, 0.15) is 5.75 Å². The highest BCUT2D eigenvalue weighted by molar-refractivity contribution is 7.09. The summed E-state index contributed by atoms with van der Waals surface area (Å²) in [7, 11) is 0. The maximum absolute atomic E-state index is 9.91. The van der Waals surface area contributed by atoms with Crippen LogP contribution in [-0.4, -0.2) is 23.4 Å². The molecule has 1 aromatic heterocycles. The minimum atomic E-state index is 0.217.